The predicted octanol–water partition coefficient (Wildman–Crippen LogP) is 1.45. The summed E-state index contributed by atoms with van der Waals surface area (Å²) in [7, 11) is 1.43. The van der Waals surface area contributed by atoms with Crippen LogP contribution in [0.2, 0.25) is 0 Å². The minimum Gasteiger partial charge on any atom is -0.468 e. The van der Waals surface area contributed by atoms with Crippen LogP contribution in [0.1, 0.15) is 26.7 Å². The summed E-state index contributed by atoms with van der Waals surface area (Å²) < 4.78 is 6.82. The van der Waals surface area contributed by atoms with Crippen LogP contribution in [-0.4, -0.2) is 35.2 Å². The molecule has 0 saturated carbocycles. The van der Waals surface area contributed by atoms with E-state index in [1.54, 1.807) is 12.5 Å². The molecule has 1 rings (SSSR count). The van der Waals surface area contributed by atoms with E-state index in [0.29, 0.717) is 5.92 Å². The number of rotatable bonds is 8. The van der Waals surface area contributed by atoms with Gasteiger partial charge in [-0.2, -0.15) is 0 Å². The molecule has 0 aliphatic heterocycles. The molecule has 0 aliphatic carbocycles. The molecule has 1 aromatic heterocycles. The van der Waals surface area contributed by atoms with Crippen molar-refractivity contribution in [2.45, 2.75) is 39.3 Å². The lowest BCUT2D eigenvalue weighted by atomic mass is 10.0. The van der Waals surface area contributed by atoms with Gasteiger partial charge in [-0.1, -0.05) is 13.8 Å². The fourth-order valence-electron chi connectivity index (χ4n) is 1.83. The summed E-state index contributed by atoms with van der Waals surface area (Å²) in [5, 5.41) is 3.26. The van der Waals surface area contributed by atoms with E-state index in [1.807, 2.05) is 10.8 Å². The second kappa shape index (κ2) is 7.87. The summed E-state index contributed by atoms with van der Waals surface area (Å²) >= 11 is 0. The number of hydrogen-bond acceptors (Lipinski definition) is 4. The summed E-state index contributed by atoms with van der Waals surface area (Å²) in [6.45, 7) is 5.90. The fourth-order valence-corrected chi connectivity index (χ4v) is 1.83. The van der Waals surface area contributed by atoms with Crippen LogP contribution >= 0.6 is 0 Å². The number of esters is 1. The molecule has 1 N–H and O–H groups in total. The van der Waals surface area contributed by atoms with Crippen LogP contribution in [0.5, 0.6) is 0 Å². The third kappa shape index (κ3) is 5.31. The molecule has 5 heteroatoms. The third-order valence-corrected chi connectivity index (χ3v) is 2.74. The molecule has 0 aliphatic rings. The van der Waals surface area contributed by atoms with Gasteiger partial charge in [-0.3, -0.25) is 4.79 Å². The van der Waals surface area contributed by atoms with Crippen LogP contribution in [0, 0.1) is 5.92 Å². The van der Waals surface area contributed by atoms with Gasteiger partial charge in [0.05, 0.1) is 13.4 Å². The highest BCUT2D eigenvalue weighted by Crippen LogP contribution is 2.06. The van der Waals surface area contributed by atoms with Crippen LogP contribution in [0.15, 0.2) is 18.7 Å². The molecular formula is C13H23N3O2. The van der Waals surface area contributed by atoms with Gasteiger partial charge < -0.3 is 14.6 Å². The molecule has 0 spiro atoms. The highest BCUT2D eigenvalue weighted by Gasteiger charge is 2.19. The molecule has 1 atom stereocenters. The SMILES string of the molecule is COC(=O)C(CC(C)C)NCCCn1ccnc1. The normalized spacial score (nSPS) is 12.7. The summed E-state index contributed by atoms with van der Waals surface area (Å²) in [4.78, 5) is 15.6. The number of ether oxygens (including phenoxy) is 1. The average molecular weight is 253 g/mol. The Balaban J connectivity index is 2.26. The first-order chi connectivity index (χ1) is 8.63. The number of nitrogens with zero attached hydrogens (tertiary/aromatic N) is 2. The Bertz CT molecular complexity index is 336. The van der Waals surface area contributed by atoms with Gasteiger partial charge >= 0.3 is 5.97 Å². The van der Waals surface area contributed by atoms with E-state index in [4.69, 9.17) is 4.74 Å². The van der Waals surface area contributed by atoms with Crippen molar-refractivity contribution < 1.29 is 9.53 Å². The van der Waals surface area contributed by atoms with Crippen molar-refractivity contribution in [3.8, 4) is 0 Å². The number of hydrogen-bond donors (Lipinski definition) is 1. The third-order valence-electron chi connectivity index (χ3n) is 2.74. The largest absolute Gasteiger partial charge is 0.468 e. The molecular weight excluding hydrogens is 230 g/mol. The van der Waals surface area contributed by atoms with Crippen LogP contribution in [0.25, 0.3) is 0 Å². The Morgan fingerprint density at radius 1 is 1.50 bits per heavy atom. The Hall–Kier alpha value is -1.36. The second-order valence-electron chi connectivity index (χ2n) is 4.81. The topological polar surface area (TPSA) is 56.1 Å². The molecule has 0 fully saturated rings. The van der Waals surface area contributed by atoms with Crippen molar-refractivity contribution in [1.29, 1.82) is 0 Å². The number of methoxy groups -OCH3 is 1. The summed E-state index contributed by atoms with van der Waals surface area (Å²) in [5.74, 6) is 0.293. The minimum absolute atomic E-state index is 0.175. The molecule has 18 heavy (non-hydrogen) atoms. The fraction of sp³-hybridized carbons (Fsp3) is 0.692. The molecule has 0 saturated heterocycles. The standard InChI is InChI=1S/C13H23N3O2/c1-11(2)9-12(13(17)18-3)15-5-4-7-16-8-6-14-10-16/h6,8,10-12,15H,4-5,7,9H2,1-3H3. The lowest BCUT2D eigenvalue weighted by Crippen LogP contribution is -2.39. The zero-order valence-corrected chi connectivity index (χ0v) is 11.4. The molecule has 102 valence electrons. The molecule has 1 heterocycles. The number of aromatic nitrogens is 2. The van der Waals surface area contributed by atoms with Gasteiger partial charge in [-0.25, -0.2) is 4.98 Å². The zero-order valence-electron chi connectivity index (χ0n) is 11.4. The first kappa shape index (κ1) is 14.7. The van der Waals surface area contributed by atoms with Crippen LogP contribution in [0.4, 0.5) is 0 Å². The lowest BCUT2D eigenvalue weighted by Gasteiger charge is -2.18. The van der Waals surface area contributed by atoms with Gasteiger partial charge in [0.15, 0.2) is 0 Å². The number of nitrogens with one attached hydrogen (secondary N) is 1. The maximum atomic E-state index is 11.6. The summed E-state index contributed by atoms with van der Waals surface area (Å²) in [5.41, 5.74) is 0. The highest BCUT2D eigenvalue weighted by atomic mass is 16.5. The van der Waals surface area contributed by atoms with Crippen molar-refractivity contribution in [3.05, 3.63) is 18.7 Å². The van der Waals surface area contributed by atoms with Crippen molar-refractivity contribution in [2.24, 2.45) is 5.92 Å². The van der Waals surface area contributed by atoms with Crippen molar-refractivity contribution in [1.82, 2.24) is 14.9 Å². The molecule has 1 aromatic rings. The molecule has 0 bridgehead atoms. The summed E-state index contributed by atoms with van der Waals surface area (Å²) in [6, 6.07) is -0.196. The maximum Gasteiger partial charge on any atom is 0.322 e. The highest BCUT2D eigenvalue weighted by molar-refractivity contribution is 5.75. The minimum atomic E-state index is -0.196. The lowest BCUT2D eigenvalue weighted by molar-refractivity contribution is -0.143. The molecule has 0 radical (unpaired) electrons. The Morgan fingerprint density at radius 3 is 2.83 bits per heavy atom. The van der Waals surface area contributed by atoms with Gasteiger partial charge in [-0.05, 0) is 25.3 Å². The van der Waals surface area contributed by atoms with Gasteiger partial charge in [-0.15, -0.1) is 0 Å². The van der Waals surface area contributed by atoms with Crippen molar-refractivity contribution in [3.63, 3.8) is 0 Å². The van der Waals surface area contributed by atoms with E-state index in [0.717, 1.165) is 25.9 Å². The summed E-state index contributed by atoms with van der Waals surface area (Å²) in [6.07, 6.45) is 7.26. The molecule has 0 amide bonds. The van der Waals surface area contributed by atoms with Gasteiger partial charge in [0.2, 0.25) is 0 Å². The Kier molecular flexibility index (Phi) is 6.43. The van der Waals surface area contributed by atoms with E-state index >= 15 is 0 Å². The van der Waals surface area contributed by atoms with Crippen molar-refractivity contribution >= 4 is 5.97 Å². The quantitative estimate of drug-likeness (QED) is 0.563. The first-order valence-electron chi connectivity index (χ1n) is 6.40. The zero-order chi connectivity index (χ0) is 13.4. The number of imidazole rings is 1. The number of aryl methyl sites for hydroxylation is 1. The van der Waals surface area contributed by atoms with E-state index in [9.17, 15) is 4.79 Å². The maximum absolute atomic E-state index is 11.6. The van der Waals surface area contributed by atoms with Crippen LogP contribution < -0.4 is 5.32 Å². The number of carbonyl (C=O) groups is 1. The van der Waals surface area contributed by atoms with Gasteiger partial charge in [0, 0.05) is 18.9 Å². The van der Waals surface area contributed by atoms with E-state index in [-0.39, 0.29) is 12.0 Å². The first-order valence-corrected chi connectivity index (χ1v) is 6.40. The van der Waals surface area contributed by atoms with E-state index in [1.165, 1.54) is 7.11 Å². The molecule has 1 unspecified atom stereocenters. The monoisotopic (exact) mass is 253 g/mol. The van der Waals surface area contributed by atoms with Crippen LogP contribution in [0.3, 0.4) is 0 Å². The molecule has 5 nitrogen and oxygen atoms in total. The van der Waals surface area contributed by atoms with E-state index < -0.39 is 0 Å². The van der Waals surface area contributed by atoms with Crippen LogP contribution in [-0.2, 0) is 16.1 Å². The Labute approximate surface area is 109 Å². The smallest absolute Gasteiger partial charge is 0.322 e. The van der Waals surface area contributed by atoms with Gasteiger partial charge in [0.1, 0.15) is 6.04 Å². The average Bonchev–Trinajstić information content (AvgIpc) is 2.84. The second-order valence-corrected chi connectivity index (χ2v) is 4.81. The van der Waals surface area contributed by atoms with Crippen molar-refractivity contribution in [2.75, 3.05) is 13.7 Å². The predicted molar refractivity (Wildman–Crippen MR) is 70.1 cm³/mol. The van der Waals surface area contributed by atoms with E-state index in [2.05, 4.69) is 24.1 Å². The number of carbonyl (C=O) groups excluding carboxylic acids is 1. The van der Waals surface area contributed by atoms with Gasteiger partial charge in [0.25, 0.3) is 0 Å². The Morgan fingerprint density at radius 2 is 2.28 bits per heavy atom. The molecule has 0 aromatic carbocycles.